The molecule has 1 aromatic rings. The second-order valence-electron chi connectivity index (χ2n) is 1.44. The second kappa shape index (κ2) is 4.59. The van der Waals surface area contributed by atoms with Crippen LogP contribution in [0, 0.1) is 0 Å². The SMILES string of the molecule is Clc1ccc(Cl)cc1.[NaH]. The van der Waals surface area contributed by atoms with Gasteiger partial charge >= 0.3 is 29.6 Å². The Hall–Kier alpha value is 0.800. The number of benzene rings is 1. The van der Waals surface area contributed by atoms with Crippen molar-refractivity contribution in [2.75, 3.05) is 0 Å². The molecular formula is C6H5Cl2Na. The topological polar surface area (TPSA) is 0 Å². The van der Waals surface area contributed by atoms with Gasteiger partial charge in [-0.3, -0.25) is 0 Å². The van der Waals surface area contributed by atoms with Crippen LogP contribution in [0.2, 0.25) is 10.0 Å². The molecule has 0 bridgehead atoms. The van der Waals surface area contributed by atoms with Gasteiger partial charge in [-0.15, -0.1) is 0 Å². The van der Waals surface area contributed by atoms with Gasteiger partial charge in [0, 0.05) is 10.0 Å². The van der Waals surface area contributed by atoms with E-state index in [4.69, 9.17) is 23.2 Å². The van der Waals surface area contributed by atoms with Gasteiger partial charge in [0.1, 0.15) is 0 Å². The zero-order valence-corrected chi connectivity index (χ0v) is 5.58. The average molecular weight is 171 g/mol. The van der Waals surface area contributed by atoms with Gasteiger partial charge in [0.25, 0.3) is 0 Å². The molecule has 0 atom stereocenters. The summed E-state index contributed by atoms with van der Waals surface area (Å²) in [6.07, 6.45) is 0. The molecule has 3 heteroatoms. The van der Waals surface area contributed by atoms with Gasteiger partial charge in [-0.05, 0) is 24.3 Å². The first-order chi connectivity index (χ1) is 3.79. The van der Waals surface area contributed by atoms with Crippen LogP contribution in [0.4, 0.5) is 0 Å². The van der Waals surface area contributed by atoms with E-state index in [2.05, 4.69) is 0 Å². The van der Waals surface area contributed by atoms with Crippen LogP contribution in [-0.4, -0.2) is 29.6 Å². The Labute approximate surface area is 86.5 Å². The Bertz CT molecular complexity index is 150. The third kappa shape index (κ3) is 3.49. The molecule has 0 nitrogen and oxygen atoms in total. The molecule has 0 saturated heterocycles. The molecule has 1 rings (SSSR count). The summed E-state index contributed by atoms with van der Waals surface area (Å²) in [5, 5.41) is 1.43. The van der Waals surface area contributed by atoms with Gasteiger partial charge < -0.3 is 0 Å². The number of hydrogen-bond acceptors (Lipinski definition) is 0. The molecule has 0 amide bonds. The van der Waals surface area contributed by atoms with Crippen LogP contribution in [0.15, 0.2) is 24.3 Å². The van der Waals surface area contributed by atoms with Crippen molar-refractivity contribution in [3.05, 3.63) is 34.3 Å². The van der Waals surface area contributed by atoms with E-state index in [9.17, 15) is 0 Å². The summed E-state index contributed by atoms with van der Waals surface area (Å²) in [6.45, 7) is 0. The zero-order valence-electron chi connectivity index (χ0n) is 4.07. The first-order valence-corrected chi connectivity index (χ1v) is 2.96. The van der Waals surface area contributed by atoms with Crippen LogP contribution >= 0.6 is 23.2 Å². The maximum absolute atomic E-state index is 5.55. The van der Waals surface area contributed by atoms with Crippen molar-refractivity contribution in [1.82, 2.24) is 0 Å². The van der Waals surface area contributed by atoms with Crippen molar-refractivity contribution in [3.63, 3.8) is 0 Å². The molecular weight excluding hydrogens is 166 g/mol. The molecule has 0 aliphatic rings. The molecule has 0 aliphatic carbocycles. The molecule has 0 saturated carbocycles. The van der Waals surface area contributed by atoms with Crippen molar-refractivity contribution in [2.24, 2.45) is 0 Å². The molecule has 0 fully saturated rings. The van der Waals surface area contributed by atoms with Crippen LogP contribution in [0.25, 0.3) is 0 Å². The molecule has 9 heavy (non-hydrogen) atoms. The standard InChI is InChI=1S/C6H4Cl2.Na.H/c7-5-1-2-6(8)4-3-5;;/h1-4H;;. The van der Waals surface area contributed by atoms with Gasteiger partial charge in [-0.2, -0.15) is 0 Å². The average Bonchev–Trinajstić information content (AvgIpc) is 1.77. The first kappa shape index (κ1) is 9.80. The fourth-order valence-electron chi connectivity index (χ4n) is 0.430. The van der Waals surface area contributed by atoms with E-state index < -0.39 is 0 Å². The monoisotopic (exact) mass is 170 g/mol. The summed E-state index contributed by atoms with van der Waals surface area (Å²) in [4.78, 5) is 0. The molecule has 0 heterocycles. The number of halogens is 2. The molecule has 0 unspecified atom stereocenters. The Morgan fingerprint density at radius 3 is 1.22 bits per heavy atom. The quantitative estimate of drug-likeness (QED) is 0.525. The Balaban J connectivity index is 0.000000640. The Kier molecular flexibility index (Phi) is 5.00. The van der Waals surface area contributed by atoms with Gasteiger partial charge in [-0.1, -0.05) is 23.2 Å². The summed E-state index contributed by atoms with van der Waals surface area (Å²) in [6, 6.07) is 7.02. The van der Waals surface area contributed by atoms with E-state index in [1.54, 1.807) is 24.3 Å². The maximum atomic E-state index is 5.55. The minimum absolute atomic E-state index is 0. The van der Waals surface area contributed by atoms with E-state index in [1.165, 1.54) is 0 Å². The molecule has 44 valence electrons. The summed E-state index contributed by atoms with van der Waals surface area (Å²) in [7, 11) is 0. The van der Waals surface area contributed by atoms with E-state index in [0.29, 0.717) is 0 Å². The third-order valence-corrected chi connectivity index (χ3v) is 1.31. The fourth-order valence-corrected chi connectivity index (χ4v) is 0.682. The molecule has 0 N–H and O–H groups in total. The molecule has 0 aromatic heterocycles. The van der Waals surface area contributed by atoms with E-state index in [1.807, 2.05) is 0 Å². The normalized spacial score (nSPS) is 8.22. The van der Waals surface area contributed by atoms with Crippen molar-refractivity contribution < 1.29 is 0 Å². The van der Waals surface area contributed by atoms with E-state index in [-0.39, 0.29) is 29.6 Å². The molecule has 0 radical (unpaired) electrons. The molecule has 1 aromatic carbocycles. The van der Waals surface area contributed by atoms with Gasteiger partial charge in [0.15, 0.2) is 0 Å². The summed E-state index contributed by atoms with van der Waals surface area (Å²) in [5.41, 5.74) is 0. The molecule has 0 aliphatic heterocycles. The van der Waals surface area contributed by atoms with Crippen LogP contribution < -0.4 is 0 Å². The third-order valence-electron chi connectivity index (χ3n) is 0.804. The van der Waals surface area contributed by atoms with E-state index in [0.717, 1.165) is 10.0 Å². The van der Waals surface area contributed by atoms with Crippen LogP contribution in [0.1, 0.15) is 0 Å². The first-order valence-electron chi connectivity index (χ1n) is 2.20. The minimum atomic E-state index is 0. The van der Waals surface area contributed by atoms with Gasteiger partial charge in [0.05, 0.1) is 0 Å². The summed E-state index contributed by atoms with van der Waals surface area (Å²) >= 11 is 11.1. The Morgan fingerprint density at radius 1 is 0.778 bits per heavy atom. The fraction of sp³-hybridized carbons (Fsp3) is 0. The van der Waals surface area contributed by atoms with Gasteiger partial charge in [0.2, 0.25) is 0 Å². The summed E-state index contributed by atoms with van der Waals surface area (Å²) in [5.74, 6) is 0. The number of rotatable bonds is 0. The van der Waals surface area contributed by atoms with Crippen molar-refractivity contribution in [2.45, 2.75) is 0 Å². The van der Waals surface area contributed by atoms with E-state index >= 15 is 0 Å². The van der Waals surface area contributed by atoms with Crippen molar-refractivity contribution in [3.8, 4) is 0 Å². The number of hydrogen-bond donors (Lipinski definition) is 0. The van der Waals surface area contributed by atoms with Crippen LogP contribution in [0.3, 0.4) is 0 Å². The molecule has 0 spiro atoms. The zero-order chi connectivity index (χ0) is 5.98. The van der Waals surface area contributed by atoms with Crippen LogP contribution in [-0.2, 0) is 0 Å². The van der Waals surface area contributed by atoms with Gasteiger partial charge in [-0.25, -0.2) is 0 Å². The second-order valence-corrected chi connectivity index (χ2v) is 2.31. The summed E-state index contributed by atoms with van der Waals surface area (Å²) < 4.78 is 0. The predicted molar refractivity (Wildman–Crippen MR) is 43.6 cm³/mol. The predicted octanol–water partition coefficient (Wildman–Crippen LogP) is 2.34. The van der Waals surface area contributed by atoms with Crippen molar-refractivity contribution >= 4 is 52.8 Å². The van der Waals surface area contributed by atoms with Crippen LogP contribution in [0.5, 0.6) is 0 Å². The Morgan fingerprint density at radius 2 is 1.00 bits per heavy atom. The van der Waals surface area contributed by atoms with Crippen molar-refractivity contribution in [1.29, 1.82) is 0 Å².